The van der Waals surface area contributed by atoms with Gasteiger partial charge in [0.2, 0.25) is 5.91 Å². The summed E-state index contributed by atoms with van der Waals surface area (Å²) in [5.41, 5.74) is 0. The van der Waals surface area contributed by atoms with Crippen LogP contribution in [0.4, 0.5) is 0 Å². The van der Waals surface area contributed by atoms with Crippen LogP contribution >= 0.6 is 0 Å². The Bertz CT molecular complexity index is 221. The first-order chi connectivity index (χ1) is 8.24. The van der Waals surface area contributed by atoms with Gasteiger partial charge in [0.15, 0.2) is 0 Å². The molecule has 4 nitrogen and oxygen atoms in total. The molecule has 0 aromatic rings. The predicted molar refractivity (Wildman–Crippen MR) is 66.7 cm³/mol. The summed E-state index contributed by atoms with van der Waals surface area (Å²) in [6.45, 7) is 3.93. The van der Waals surface area contributed by atoms with Crippen LogP contribution < -0.4 is 5.32 Å². The second kappa shape index (κ2) is 8.48. The van der Waals surface area contributed by atoms with Crippen LogP contribution in [0, 0.1) is 5.92 Å². The fourth-order valence-electron chi connectivity index (χ4n) is 2.09. The molecule has 4 heteroatoms. The number of carbonyl (C=O) groups excluding carboxylic acids is 1. The van der Waals surface area contributed by atoms with E-state index in [1.807, 2.05) is 0 Å². The molecule has 1 aliphatic rings. The molecule has 1 rings (SSSR count). The number of hydrogen-bond donors (Lipinski definition) is 2. The smallest absolute Gasteiger partial charge is 0.223 e. The number of amides is 1. The maximum atomic E-state index is 11.7. The summed E-state index contributed by atoms with van der Waals surface area (Å²) in [5, 5.41) is 12.7. The fraction of sp³-hybridized carbons (Fsp3) is 0.923. The monoisotopic (exact) mass is 243 g/mol. The average molecular weight is 243 g/mol. The Morgan fingerprint density at radius 2 is 2.35 bits per heavy atom. The molecule has 1 saturated heterocycles. The first-order valence-electron chi connectivity index (χ1n) is 6.77. The molecular weight excluding hydrogens is 218 g/mol. The zero-order valence-electron chi connectivity index (χ0n) is 10.8. The van der Waals surface area contributed by atoms with Crippen molar-refractivity contribution in [2.45, 2.75) is 51.6 Å². The normalized spacial score (nSPS) is 22.9. The SMILES string of the molecule is CCCCOCC(O)CC1CCCCNC1=O. The van der Waals surface area contributed by atoms with Crippen molar-refractivity contribution in [2.75, 3.05) is 19.8 Å². The molecule has 1 fully saturated rings. The number of rotatable bonds is 7. The number of aliphatic hydroxyl groups excluding tert-OH is 1. The molecule has 2 unspecified atom stereocenters. The van der Waals surface area contributed by atoms with Gasteiger partial charge >= 0.3 is 0 Å². The first kappa shape index (κ1) is 14.5. The molecule has 1 aliphatic heterocycles. The van der Waals surface area contributed by atoms with Crippen LogP contribution in [0.1, 0.15) is 45.4 Å². The van der Waals surface area contributed by atoms with Gasteiger partial charge in [-0.05, 0) is 25.7 Å². The maximum absolute atomic E-state index is 11.7. The van der Waals surface area contributed by atoms with E-state index in [4.69, 9.17) is 4.74 Å². The molecule has 17 heavy (non-hydrogen) atoms. The molecule has 1 amide bonds. The molecule has 0 radical (unpaired) electrons. The number of aliphatic hydroxyl groups is 1. The summed E-state index contributed by atoms with van der Waals surface area (Å²) < 4.78 is 5.36. The summed E-state index contributed by atoms with van der Waals surface area (Å²) in [7, 11) is 0. The Morgan fingerprint density at radius 1 is 1.53 bits per heavy atom. The van der Waals surface area contributed by atoms with Gasteiger partial charge in [-0.3, -0.25) is 4.79 Å². The lowest BCUT2D eigenvalue weighted by Crippen LogP contribution is -2.32. The van der Waals surface area contributed by atoms with E-state index in [0.29, 0.717) is 19.6 Å². The van der Waals surface area contributed by atoms with Gasteiger partial charge in [0.1, 0.15) is 0 Å². The van der Waals surface area contributed by atoms with Gasteiger partial charge < -0.3 is 15.2 Å². The molecule has 0 aliphatic carbocycles. The fourth-order valence-corrected chi connectivity index (χ4v) is 2.09. The third kappa shape index (κ3) is 6.03. The average Bonchev–Trinajstić information content (AvgIpc) is 2.51. The number of ether oxygens (including phenoxy) is 1. The summed E-state index contributed by atoms with van der Waals surface area (Å²) in [4.78, 5) is 11.7. The number of unbranched alkanes of at least 4 members (excludes halogenated alkanes) is 1. The Labute approximate surface area is 104 Å². The molecule has 1 heterocycles. The highest BCUT2D eigenvalue weighted by Gasteiger charge is 2.23. The van der Waals surface area contributed by atoms with E-state index in [1.54, 1.807) is 0 Å². The second-order valence-electron chi connectivity index (χ2n) is 4.80. The minimum absolute atomic E-state index is 0.0396. The van der Waals surface area contributed by atoms with Crippen molar-refractivity contribution in [3.63, 3.8) is 0 Å². The first-order valence-corrected chi connectivity index (χ1v) is 6.77. The largest absolute Gasteiger partial charge is 0.391 e. The van der Waals surface area contributed by atoms with Gasteiger partial charge in [-0.2, -0.15) is 0 Å². The second-order valence-corrected chi connectivity index (χ2v) is 4.80. The van der Waals surface area contributed by atoms with E-state index >= 15 is 0 Å². The van der Waals surface area contributed by atoms with Crippen LogP contribution in [-0.4, -0.2) is 36.9 Å². The van der Waals surface area contributed by atoms with Crippen molar-refractivity contribution in [3.8, 4) is 0 Å². The minimum Gasteiger partial charge on any atom is -0.391 e. The molecule has 0 bridgehead atoms. The molecule has 100 valence electrons. The van der Waals surface area contributed by atoms with E-state index in [-0.39, 0.29) is 11.8 Å². The van der Waals surface area contributed by atoms with E-state index in [2.05, 4.69) is 12.2 Å². The molecule has 0 spiro atoms. The Balaban J connectivity index is 2.19. The minimum atomic E-state index is -0.513. The molecule has 2 atom stereocenters. The maximum Gasteiger partial charge on any atom is 0.223 e. The van der Waals surface area contributed by atoms with Crippen LogP contribution in [0.15, 0.2) is 0 Å². The molecular formula is C13H25NO3. The molecule has 0 saturated carbocycles. The van der Waals surface area contributed by atoms with Crippen molar-refractivity contribution >= 4 is 5.91 Å². The Morgan fingerprint density at radius 3 is 3.12 bits per heavy atom. The van der Waals surface area contributed by atoms with Crippen molar-refractivity contribution < 1.29 is 14.6 Å². The highest BCUT2D eigenvalue weighted by molar-refractivity contribution is 5.78. The van der Waals surface area contributed by atoms with E-state index in [9.17, 15) is 9.90 Å². The summed E-state index contributed by atoms with van der Waals surface area (Å²) >= 11 is 0. The standard InChI is InChI=1S/C13H25NO3/c1-2-3-8-17-10-12(15)9-11-6-4-5-7-14-13(11)16/h11-12,15H,2-10H2,1H3,(H,14,16). The quantitative estimate of drug-likeness (QED) is 0.666. The van der Waals surface area contributed by atoms with E-state index in [1.165, 1.54) is 0 Å². The van der Waals surface area contributed by atoms with Crippen molar-refractivity contribution in [2.24, 2.45) is 5.92 Å². The Hall–Kier alpha value is -0.610. The third-order valence-electron chi connectivity index (χ3n) is 3.16. The van der Waals surface area contributed by atoms with E-state index < -0.39 is 6.10 Å². The van der Waals surface area contributed by atoms with Gasteiger partial charge in [-0.25, -0.2) is 0 Å². The van der Waals surface area contributed by atoms with Gasteiger partial charge in [0.05, 0.1) is 12.7 Å². The lowest BCUT2D eigenvalue weighted by Gasteiger charge is -2.17. The highest BCUT2D eigenvalue weighted by atomic mass is 16.5. The van der Waals surface area contributed by atoms with Crippen LogP contribution in [-0.2, 0) is 9.53 Å². The lowest BCUT2D eigenvalue weighted by atomic mass is 9.96. The van der Waals surface area contributed by atoms with Crippen molar-refractivity contribution in [1.29, 1.82) is 0 Å². The van der Waals surface area contributed by atoms with Gasteiger partial charge in [-0.15, -0.1) is 0 Å². The molecule has 0 aromatic carbocycles. The predicted octanol–water partition coefficient (Wildman–Crippen LogP) is 1.47. The van der Waals surface area contributed by atoms with E-state index in [0.717, 1.165) is 38.6 Å². The van der Waals surface area contributed by atoms with Gasteiger partial charge in [-0.1, -0.05) is 19.8 Å². The third-order valence-corrected chi connectivity index (χ3v) is 3.16. The topological polar surface area (TPSA) is 58.6 Å². The Kier molecular flexibility index (Phi) is 7.21. The number of carbonyl (C=O) groups is 1. The zero-order valence-corrected chi connectivity index (χ0v) is 10.8. The molecule has 0 aromatic heterocycles. The van der Waals surface area contributed by atoms with Crippen LogP contribution in [0.5, 0.6) is 0 Å². The summed E-state index contributed by atoms with van der Waals surface area (Å²) in [6.07, 6.45) is 5.13. The van der Waals surface area contributed by atoms with Crippen LogP contribution in [0.3, 0.4) is 0 Å². The van der Waals surface area contributed by atoms with Crippen molar-refractivity contribution in [3.05, 3.63) is 0 Å². The number of hydrogen-bond acceptors (Lipinski definition) is 3. The zero-order chi connectivity index (χ0) is 12.5. The van der Waals surface area contributed by atoms with Gasteiger partial charge in [0, 0.05) is 19.1 Å². The van der Waals surface area contributed by atoms with Crippen LogP contribution in [0.25, 0.3) is 0 Å². The van der Waals surface area contributed by atoms with Crippen LogP contribution in [0.2, 0.25) is 0 Å². The summed E-state index contributed by atoms with van der Waals surface area (Å²) in [6, 6.07) is 0. The summed E-state index contributed by atoms with van der Waals surface area (Å²) in [5.74, 6) is 0.0531. The number of nitrogens with one attached hydrogen (secondary N) is 1. The highest BCUT2D eigenvalue weighted by Crippen LogP contribution is 2.18. The molecule has 2 N–H and O–H groups in total. The van der Waals surface area contributed by atoms with Gasteiger partial charge in [0.25, 0.3) is 0 Å². The van der Waals surface area contributed by atoms with Crippen molar-refractivity contribution in [1.82, 2.24) is 5.32 Å². The lowest BCUT2D eigenvalue weighted by molar-refractivity contribution is -0.126.